The van der Waals surface area contributed by atoms with E-state index in [2.05, 4.69) is 15.2 Å². The van der Waals surface area contributed by atoms with Gasteiger partial charge in [-0.15, -0.1) is 5.10 Å². The molecule has 2 rings (SSSR count). The number of benzene rings is 1. The van der Waals surface area contributed by atoms with Gasteiger partial charge in [-0.3, -0.25) is 20.0 Å². The highest BCUT2D eigenvalue weighted by Gasteiger charge is 2.14. The second kappa shape index (κ2) is 8.13. The van der Waals surface area contributed by atoms with Crippen LogP contribution in [0.25, 0.3) is 11.4 Å². The molecule has 0 bridgehead atoms. The van der Waals surface area contributed by atoms with Crippen molar-refractivity contribution in [2.45, 2.75) is 25.9 Å². The molecule has 0 saturated carbocycles. The van der Waals surface area contributed by atoms with Gasteiger partial charge in [-0.2, -0.15) is 0 Å². The fourth-order valence-corrected chi connectivity index (χ4v) is 2.04. The van der Waals surface area contributed by atoms with E-state index in [1.54, 1.807) is 19.1 Å². The molecule has 22 heavy (non-hydrogen) atoms. The zero-order chi connectivity index (χ0) is 16.7. The van der Waals surface area contributed by atoms with E-state index in [1.807, 2.05) is 13.8 Å². The molecule has 0 unspecified atom stereocenters. The van der Waals surface area contributed by atoms with Crippen LogP contribution in [0.4, 0.5) is 5.69 Å². The SMILES string of the molecule is CC.Cc1ccc(-c2nc(SCC(=O)O)n[nH]2)cc1[N+](=O)[O-]. The summed E-state index contributed by atoms with van der Waals surface area (Å²) in [6.07, 6.45) is 0. The number of rotatable bonds is 5. The van der Waals surface area contributed by atoms with Gasteiger partial charge in [-0.1, -0.05) is 37.7 Å². The average Bonchev–Trinajstić information content (AvgIpc) is 2.96. The lowest BCUT2D eigenvalue weighted by molar-refractivity contribution is -0.385. The minimum atomic E-state index is -0.965. The van der Waals surface area contributed by atoms with Gasteiger partial charge in [-0.25, -0.2) is 4.98 Å². The number of hydrogen-bond donors (Lipinski definition) is 2. The summed E-state index contributed by atoms with van der Waals surface area (Å²) >= 11 is 0.971. The molecule has 1 aromatic heterocycles. The molecule has 2 aromatic rings. The highest BCUT2D eigenvalue weighted by molar-refractivity contribution is 7.99. The largest absolute Gasteiger partial charge is 0.481 e. The van der Waals surface area contributed by atoms with Gasteiger partial charge in [0.05, 0.1) is 10.7 Å². The molecule has 2 N–H and O–H groups in total. The Bertz CT molecular complexity index is 672. The second-order valence-electron chi connectivity index (χ2n) is 3.91. The lowest BCUT2D eigenvalue weighted by atomic mass is 10.1. The Morgan fingerprint density at radius 3 is 2.73 bits per heavy atom. The molecule has 9 heteroatoms. The fourth-order valence-electron chi connectivity index (χ4n) is 1.52. The normalized spacial score (nSPS) is 9.77. The van der Waals surface area contributed by atoms with Crippen molar-refractivity contribution >= 4 is 23.4 Å². The molecule has 0 saturated heterocycles. The van der Waals surface area contributed by atoms with Crippen molar-refractivity contribution < 1.29 is 14.8 Å². The van der Waals surface area contributed by atoms with Gasteiger partial charge < -0.3 is 5.11 Å². The molecule has 0 radical (unpaired) electrons. The zero-order valence-corrected chi connectivity index (χ0v) is 13.2. The summed E-state index contributed by atoms with van der Waals surface area (Å²) in [5.74, 6) is -0.751. The maximum atomic E-state index is 10.9. The molecule has 0 aliphatic carbocycles. The first-order valence-electron chi connectivity index (χ1n) is 6.50. The Morgan fingerprint density at radius 2 is 2.14 bits per heavy atom. The number of aliphatic carboxylic acids is 1. The van der Waals surface area contributed by atoms with Crippen LogP contribution in [-0.2, 0) is 4.79 Å². The summed E-state index contributed by atoms with van der Waals surface area (Å²) in [5, 5.41) is 26.2. The Kier molecular flexibility index (Phi) is 6.51. The molecule has 0 aliphatic rings. The highest BCUT2D eigenvalue weighted by Crippen LogP contribution is 2.25. The number of hydrogen-bond acceptors (Lipinski definition) is 6. The molecule has 1 aromatic carbocycles. The van der Waals surface area contributed by atoms with Gasteiger partial charge in [0.25, 0.3) is 5.69 Å². The van der Waals surface area contributed by atoms with E-state index in [0.29, 0.717) is 17.0 Å². The van der Waals surface area contributed by atoms with Crippen molar-refractivity contribution in [1.29, 1.82) is 0 Å². The number of aromatic nitrogens is 3. The highest BCUT2D eigenvalue weighted by atomic mass is 32.2. The first-order valence-corrected chi connectivity index (χ1v) is 7.48. The number of nitro benzene ring substituents is 1. The van der Waals surface area contributed by atoms with E-state index in [0.717, 1.165) is 11.8 Å². The number of nitro groups is 1. The summed E-state index contributed by atoms with van der Waals surface area (Å²) < 4.78 is 0. The van der Waals surface area contributed by atoms with Crippen LogP contribution in [0.1, 0.15) is 19.4 Å². The van der Waals surface area contributed by atoms with Crippen molar-refractivity contribution in [3.05, 3.63) is 33.9 Å². The number of aromatic amines is 1. The van der Waals surface area contributed by atoms with E-state index < -0.39 is 10.9 Å². The van der Waals surface area contributed by atoms with E-state index in [4.69, 9.17) is 5.11 Å². The van der Waals surface area contributed by atoms with E-state index in [1.165, 1.54) is 6.07 Å². The molecule has 0 amide bonds. The molecule has 0 spiro atoms. The quantitative estimate of drug-likeness (QED) is 0.492. The van der Waals surface area contributed by atoms with Crippen LogP contribution >= 0.6 is 11.8 Å². The second-order valence-corrected chi connectivity index (χ2v) is 4.85. The lowest BCUT2D eigenvalue weighted by Gasteiger charge is -1.99. The van der Waals surface area contributed by atoms with Gasteiger partial charge in [0, 0.05) is 17.2 Å². The van der Waals surface area contributed by atoms with Crippen molar-refractivity contribution in [1.82, 2.24) is 15.2 Å². The van der Waals surface area contributed by atoms with Gasteiger partial charge in [0.2, 0.25) is 5.16 Å². The van der Waals surface area contributed by atoms with Crippen LogP contribution in [0.3, 0.4) is 0 Å². The van der Waals surface area contributed by atoms with Gasteiger partial charge in [-0.05, 0) is 6.92 Å². The van der Waals surface area contributed by atoms with Crippen LogP contribution in [0.2, 0.25) is 0 Å². The number of nitrogens with zero attached hydrogens (tertiary/aromatic N) is 3. The summed E-state index contributed by atoms with van der Waals surface area (Å²) in [6, 6.07) is 4.72. The van der Waals surface area contributed by atoms with Gasteiger partial charge in [0.15, 0.2) is 5.82 Å². The molecule has 0 aliphatic heterocycles. The molecule has 0 fully saturated rings. The summed E-state index contributed by atoms with van der Waals surface area (Å²) in [4.78, 5) is 25.0. The topological polar surface area (TPSA) is 122 Å². The van der Waals surface area contributed by atoms with Crippen molar-refractivity contribution in [2.75, 3.05) is 5.75 Å². The third kappa shape index (κ3) is 4.55. The molecule has 118 valence electrons. The van der Waals surface area contributed by atoms with Crippen molar-refractivity contribution in [3.8, 4) is 11.4 Å². The molecule has 8 nitrogen and oxygen atoms in total. The number of carbonyl (C=O) groups is 1. The van der Waals surface area contributed by atoms with Crippen LogP contribution in [0, 0.1) is 17.0 Å². The molecular weight excluding hydrogens is 308 g/mol. The smallest absolute Gasteiger partial charge is 0.313 e. The van der Waals surface area contributed by atoms with E-state index >= 15 is 0 Å². The number of carboxylic acids is 1. The molecule has 1 heterocycles. The Hall–Kier alpha value is -2.42. The number of aryl methyl sites for hydroxylation is 1. The predicted octanol–water partition coefficient (Wildman–Crippen LogP) is 2.89. The third-order valence-corrected chi connectivity index (χ3v) is 3.30. The zero-order valence-electron chi connectivity index (χ0n) is 12.4. The predicted molar refractivity (Wildman–Crippen MR) is 82.9 cm³/mol. The van der Waals surface area contributed by atoms with Crippen LogP contribution in [0.5, 0.6) is 0 Å². The fraction of sp³-hybridized carbons (Fsp3) is 0.308. The Morgan fingerprint density at radius 1 is 1.45 bits per heavy atom. The number of H-pyrrole nitrogens is 1. The third-order valence-electron chi connectivity index (χ3n) is 2.47. The van der Waals surface area contributed by atoms with Gasteiger partial charge >= 0.3 is 5.97 Å². The Balaban J connectivity index is 0.00000116. The van der Waals surface area contributed by atoms with Crippen LogP contribution in [-0.4, -0.2) is 36.9 Å². The molecule has 0 atom stereocenters. The number of carboxylic acid groups (broad SMARTS) is 1. The number of thioether (sulfide) groups is 1. The first kappa shape index (κ1) is 17.6. The van der Waals surface area contributed by atoms with Crippen molar-refractivity contribution in [3.63, 3.8) is 0 Å². The van der Waals surface area contributed by atoms with Crippen molar-refractivity contribution in [2.24, 2.45) is 0 Å². The summed E-state index contributed by atoms with van der Waals surface area (Å²) in [7, 11) is 0. The van der Waals surface area contributed by atoms with Crippen LogP contribution < -0.4 is 0 Å². The average molecular weight is 324 g/mol. The Labute approximate surface area is 131 Å². The maximum absolute atomic E-state index is 10.9. The standard InChI is InChI=1S/C11H10N4O4S.C2H6/c1-6-2-3-7(4-8(6)15(18)19)10-12-11(14-13-10)20-5-9(16)17;1-2/h2-4H,5H2,1H3,(H,16,17)(H,12,13,14);1-2H3. The van der Waals surface area contributed by atoms with E-state index in [-0.39, 0.29) is 16.6 Å². The summed E-state index contributed by atoms with van der Waals surface area (Å²) in [6.45, 7) is 5.65. The van der Waals surface area contributed by atoms with E-state index in [9.17, 15) is 14.9 Å². The van der Waals surface area contributed by atoms with Gasteiger partial charge in [0.1, 0.15) is 0 Å². The maximum Gasteiger partial charge on any atom is 0.313 e. The van der Waals surface area contributed by atoms with Crippen LogP contribution in [0.15, 0.2) is 23.4 Å². The lowest BCUT2D eigenvalue weighted by Crippen LogP contribution is -1.97. The molecular formula is C13H16N4O4S. The minimum absolute atomic E-state index is 0.00126. The first-order chi connectivity index (χ1) is 10.5. The monoisotopic (exact) mass is 324 g/mol. The number of nitrogens with one attached hydrogen (secondary N) is 1. The summed E-state index contributed by atoms with van der Waals surface area (Å²) in [5.41, 5.74) is 1.08. The minimum Gasteiger partial charge on any atom is -0.481 e.